The molecule has 3 aromatic rings. The van der Waals surface area contributed by atoms with Crippen molar-refractivity contribution in [3.05, 3.63) is 34.6 Å². The zero-order chi connectivity index (χ0) is 27.4. The number of aromatic nitrogens is 4. The number of carboxylic acid groups (broad SMARTS) is 1. The zero-order valence-corrected chi connectivity index (χ0v) is 22.8. The molecule has 2 aliphatic heterocycles. The summed E-state index contributed by atoms with van der Waals surface area (Å²) >= 11 is 4.95. The Bertz CT molecular complexity index is 1380. The minimum atomic E-state index is -1.17. The number of nitrogens with one attached hydrogen (secondary N) is 2. The average Bonchev–Trinajstić information content (AvgIpc) is 3.72. The second-order valence-electron chi connectivity index (χ2n) is 8.20. The number of carbonyl (C=O) groups excluding carboxylic acids is 3. The topological polar surface area (TPSA) is 202 Å². The predicted octanol–water partition coefficient (Wildman–Crippen LogP) is 0.735. The maximum atomic E-state index is 13.2. The Hall–Kier alpha value is -3.55. The van der Waals surface area contributed by atoms with Crippen molar-refractivity contribution >= 4 is 81.2 Å². The van der Waals surface area contributed by atoms with Crippen molar-refractivity contribution in [3.63, 3.8) is 0 Å². The number of oxime groups is 1. The van der Waals surface area contributed by atoms with Gasteiger partial charge in [0.15, 0.2) is 21.8 Å². The van der Waals surface area contributed by atoms with Gasteiger partial charge in [0.25, 0.3) is 5.91 Å². The Morgan fingerprint density at radius 2 is 2.28 bits per heavy atom. The van der Waals surface area contributed by atoms with Gasteiger partial charge in [0.1, 0.15) is 40.0 Å². The molecule has 3 N–H and O–H groups in total. The standard InChI is InChI=1S/C20H18N8O7S4/c29-8-21-18-23-11(4-36-18)12(27-35-3-10-1-2-34-26-10)14(30)24-13-15(31)28-5-20(17(32)33,6-37-16(13)28)7-38-19-25-22-9-39-19/h1-2,4,8-9,13,16H,3,5-7H2,(H,24,30)(H,32,33)(H,21,23,29)/t13?,16-,20?/m1/s1. The molecule has 0 aliphatic carbocycles. The Morgan fingerprint density at radius 3 is 3.00 bits per heavy atom. The van der Waals surface area contributed by atoms with Crippen LogP contribution in [0.15, 0.2) is 37.2 Å². The van der Waals surface area contributed by atoms with Crippen molar-refractivity contribution in [2.24, 2.45) is 10.6 Å². The van der Waals surface area contributed by atoms with Gasteiger partial charge >= 0.3 is 5.97 Å². The molecule has 204 valence electrons. The second-order valence-corrected chi connectivity index (χ2v) is 12.2. The molecule has 3 aromatic heterocycles. The molecule has 0 saturated carbocycles. The normalized spacial score (nSPS) is 22.5. The number of nitrogens with zero attached hydrogens (tertiary/aromatic N) is 6. The van der Waals surface area contributed by atoms with Crippen LogP contribution >= 0.6 is 46.2 Å². The first kappa shape index (κ1) is 27.0. The third kappa shape index (κ3) is 5.75. The van der Waals surface area contributed by atoms with Crippen LogP contribution in [0.1, 0.15) is 11.4 Å². The number of hydrogen-bond donors (Lipinski definition) is 3. The molecule has 3 atom stereocenters. The van der Waals surface area contributed by atoms with Gasteiger partial charge in [-0.3, -0.25) is 19.2 Å². The van der Waals surface area contributed by atoms with E-state index in [1.165, 1.54) is 51.4 Å². The van der Waals surface area contributed by atoms with E-state index < -0.39 is 34.6 Å². The lowest BCUT2D eigenvalue weighted by Gasteiger charge is -2.53. The molecule has 5 heterocycles. The lowest BCUT2D eigenvalue weighted by molar-refractivity contribution is -0.157. The van der Waals surface area contributed by atoms with E-state index in [9.17, 15) is 24.3 Å². The number of carboxylic acids is 1. The van der Waals surface area contributed by atoms with Crippen molar-refractivity contribution in [1.82, 2.24) is 30.6 Å². The maximum absolute atomic E-state index is 13.2. The van der Waals surface area contributed by atoms with Gasteiger partial charge in [0.2, 0.25) is 12.3 Å². The van der Waals surface area contributed by atoms with E-state index in [2.05, 4.69) is 36.1 Å². The van der Waals surface area contributed by atoms with Crippen molar-refractivity contribution in [2.45, 2.75) is 22.4 Å². The quantitative estimate of drug-likeness (QED) is 0.0852. The summed E-state index contributed by atoms with van der Waals surface area (Å²) in [5.41, 5.74) is 0.742. The number of aliphatic carboxylic acids is 1. The molecular weight excluding hydrogens is 593 g/mol. The third-order valence-electron chi connectivity index (χ3n) is 5.70. The minimum absolute atomic E-state index is 0.00553. The van der Waals surface area contributed by atoms with Crippen LogP contribution in [-0.2, 0) is 30.6 Å². The first-order chi connectivity index (χ1) is 18.9. The Balaban J connectivity index is 1.26. The van der Waals surface area contributed by atoms with Crippen molar-refractivity contribution in [2.75, 3.05) is 23.4 Å². The highest BCUT2D eigenvalue weighted by atomic mass is 32.2. The van der Waals surface area contributed by atoms with E-state index in [1.807, 2.05) is 0 Å². The van der Waals surface area contributed by atoms with Crippen molar-refractivity contribution in [1.29, 1.82) is 0 Å². The summed E-state index contributed by atoms with van der Waals surface area (Å²) in [4.78, 5) is 60.1. The van der Waals surface area contributed by atoms with Gasteiger partial charge in [-0.15, -0.1) is 33.3 Å². The summed E-state index contributed by atoms with van der Waals surface area (Å²) in [6, 6.07) is 0.673. The van der Waals surface area contributed by atoms with E-state index in [4.69, 9.17) is 9.36 Å². The van der Waals surface area contributed by atoms with Gasteiger partial charge in [-0.05, 0) is 0 Å². The zero-order valence-electron chi connectivity index (χ0n) is 19.6. The van der Waals surface area contributed by atoms with E-state index in [0.717, 1.165) is 11.3 Å². The van der Waals surface area contributed by atoms with Crippen molar-refractivity contribution in [3.8, 4) is 0 Å². The number of thiazole rings is 1. The maximum Gasteiger partial charge on any atom is 0.313 e. The summed E-state index contributed by atoms with van der Waals surface area (Å²) < 4.78 is 5.38. The van der Waals surface area contributed by atoms with E-state index in [-0.39, 0.29) is 41.2 Å². The largest absolute Gasteiger partial charge is 0.481 e. The lowest BCUT2D eigenvalue weighted by atomic mass is 9.89. The van der Waals surface area contributed by atoms with Crippen LogP contribution in [-0.4, -0.2) is 89.7 Å². The molecule has 2 fully saturated rings. The fourth-order valence-corrected chi connectivity index (χ4v) is 7.72. The molecule has 5 rings (SSSR count). The first-order valence-corrected chi connectivity index (χ1v) is 14.8. The second kappa shape index (κ2) is 11.7. The van der Waals surface area contributed by atoms with E-state index >= 15 is 0 Å². The Morgan fingerprint density at radius 1 is 1.41 bits per heavy atom. The van der Waals surface area contributed by atoms with Gasteiger partial charge in [0, 0.05) is 29.5 Å². The number of rotatable bonds is 12. The highest BCUT2D eigenvalue weighted by molar-refractivity contribution is 8.01. The molecule has 3 amide bonds. The number of hydrogen-bond acceptors (Lipinski definition) is 15. The SMILES string of the molecule is O=CNc1nc(C(=NOCc2ccon2)C(=O)NC2C(=O)N3CC(CSc4nncs4)(C(=O)O)CS[C@H]23)cs1. The van der Waals surface area contributed by atoms with Crippen LogP contribution in [0, 0.1) is 5.41 Å². The van der Waals surface area contributed by atoms with Gasteiger partial charge in [-0.2, -0.15) is 0 Å². The fourth-order valence-electron chi connectivity index (χ4n) is 3.72. The number of fused-ring (bicyclic) bond motifs is 1. The molecule has 39 heavy (non-hydrogen) atoms. The highest BCUT2D eigenvalue weighted by Crippen LogP contribution is 2.44. The third-order valence-corrected chi connectivity index (χ3v) is 10.2. The first-order valence-electron chi connectivity index (χ1n) is 11.0. The van der Waals surface area contributed by atoms with Gasteiger partial charge < -0.3 is 30.0 Å². The number of thioether (sulfide) groups is 2. The number of carbonyl (C=O) groups is 4. The van der Waals surface area contributed by atoms with Crippen LogP contribution in [0.2, 0.25) is 0 Å². The number of β-lactam (4-membered cyclic amide) rings is 1. The number of amides is 3. The molecule has 2 aliphatic rings. The number of anilines is 1. The minimum Gasteiger partial charge on any atom is -0.481 e. The van der Waals surface area contributed by atoms with Crippen LogP contribution in [0.3, 0.4) is 0 Å². The molecule has 15 nitrogen and oxygen atoms in total. The summed E-state index contributed by atoms with van der Waals surface area (Å²) in [5.74, 6) is -1.68. The molecule has 2 saturated heterocycles. The molecule has 0 spiro atoms. The van der Waals surface area contributed by atoms with Crippen molar-refractivity contribution < 1.29 is 33.6 Å². The molecular formula is C20H18N8O7S4. The summed E-state index contributed by atoms with van der Waals surface area (Å²) in [6.45, 7) is -0.0800. The van der Waals surface area contributed by atoms with Gasteiger partial charge in [-0.1, -0.05) is 33.4 Å². The van der Waals surface area contributed by atoms with Crippen LogP contribution in [0.25, 0.3) is 0 Å². The monoisotopic (exact) mass is 610 g/mol. The van der Waals surface area contributed by atoms with Crippen LogP contribution < -0.4 is 10.6 Å². The Labute approximate surface area is 235 Å². The van der Waals surface area contributed by atoms with Gasteiger partial charge in [-0.25, -0.2) is 4.98 Å². The summed E-state index contributed by atoms with van der Waals surface area (Å²) in [7, 11) is 0. The summed E-state index contributed by atoms with van der Waals surface area (Å²) in [6.07, 6.45) is 1.81. The molecule has 0 bridgehead atoms. The lowest BCUT2D eigenvalue weighted by Crippen LogP contribution is -2.74. The molecule has 0 aromatic carbocycles. The van der Waals surface area contributed by atoms with Gasteiger partial charge in [0.05, 0.1) is 0 Å². The highest BCUT2D eigenvalue weighted by Gasteiger charge is 2.57. The molecule has 0 radical (unpaired) electrons. The Kier molecular flexibility index (Phi) is 8.10. The molecule has 2 unspecified atom stereocenters. The fraction of sp³-hybridized carbons (Fsp3) is 0.350. The van der Waals surface area contributed by atoms with Crippen LogP contribution in [0.4, 0.5) is 5.13 Å². The summed E-state index contributed by atoms with van der Waals surface area (Å²) in [5, 5.41) is 31.7. The smallest absolute Gasteiger partial charge is 0.313 e. The average molecular weight is 611 g/mol. The van der Waals surface area contributed by atoms with Crippen LogP contribution in [0.5, 0.6) is 0 Å². The van der Waals surface area contributed by atoms with E-state index in [0.29, 0.717) is 16.4 Å². The van der Waals surface area contributed by atoms with E-state index in [1.54, 1.807) is 11.6 Å². The molecule has 19 heteroatoms. The predicted molar refractivity (Wildman–Crippen MR) is 140 cm³/mol.